The number of aromatic nitrogens is 2. The average Bonchev–Trinajstić information content (AvgIpc) is 3.19. The van der Waals surface area contributed by atoms with Gasteiger partial charge in [0, 0.05) is 31.0 Å². The summed E-state index contributed by atoms with van der Waals surface area (Å²) < 4.78 is 51.4. The van der Waals surface area contributed by atoms with Gasteiger partial charge in [0.2, 0.25) is 5.88 Å². The number of carbonyl (C=O) groups is 2. The topological polar surface area (TPSA) is 132 Å². The smallest absolute Gasteiger partial charge is 0.490 e. The Morgan fingerprint density at radius 2 is 1.73 bits per heavy atom. The molecule has 12 heteroatoms. The maximum absolute atomic E-state index is 13.4. The minimum absolute atomic E-state index is 0.0201. The summed E-state index contributed by atoms with van der Waals surface area (Å²) in [4.78, 5) is 24.4. The van der Waals surface area contributed by atoms with Crippen LogP contribution in [0.4, 0.5) is 4.79 Å². The number of sulfone groups is 1. The fourth-order valence-electron chi connectivity index (χ4n) is 2.99. The quantitative estimate of drug-likeness (QED) is 0.250. The molecule has 1 heterocycles. The second kappa shape index (κ2) is 11.7. The SMILES string of the molecule is CCn1ncc(C(=O)c2ccc(S(C)(=O)=O)c(OCCOC)c2C)c1OCCOC(=O)OC. The van der Waals surface area contributed by atoms with Crippen LogP contribution in [0.15, 0.2) is 23.2 Å². The molecule has 1 aromatic carbocycles. The van der Waals surface area contributed by atoms with Crippen LogP contribution in [-0.4, -0.2) is 77.0 Å². The third-order valence-electron chi connectivity index (χ3n) is 4.59. The molecule has 0 atom stereocenters. The number of hydrogen-bond acceptors (Lipinski definition) is 10. The first-order valence-electron chi connectivity index (χ1n) is 10.0. The van der Waals surface area contributed by atoms with E-state index < -0.39 is 21.8 Å². The van der Waals surface area contributed by atoms with Crippen LogP contribution in [0.25, 0.3) is 0 Å². The molecule has 0 aliphatic carbocycles. The van der Waals surface area contributed by atoms with Gasteiger partial charge in [-0.3, -0.25) is 4.79 Å². The minimum atomic E-state index is -3.60. The Balaban J connectivity index is 2.39. The van der Waals surface area contributed by atoms with Crippen molar-refractivity contribution in [2.24, 2.45) is 0 Å². The van der Waals surface area contributed by atoms with Crippen LogP contribution in [0, 0.1) is 6.92 Å². The summed E-state index contributed by atoms with van der Waals surface area (Å²) in [5.41, 5.74) is 0.775. The van der Waals surface area contributed by atoms with E-state index in [0.29, 0.717) is 12.1 Å². The number of ketones is 1. The second-order valence-electron chi connectivity index (χ2n) is 6.84. The number of rotatable bonds is 12. The predicted molar refractivity (Wildman–Crippen MR) is 117 cm³/mol. The van der Waals surface area contributed by atoms with Gasteiger partial charge in [-0.05, 0) is 26.0 Å². The molecule has 0 saturated heterocycles. The first-order valence-corrected chi connectivity index (χ1v) is 11.9. The fraction of sp³-hybridized carbons (Fsp3) is 0.476. The van der Waals surface area contributed by atoms with E-state index in [4.69, 9.17) is 18.9 Å². The lowest BCUT2D eigenvalue weighted by molar-refractivity contribution is 0.0602. The van der Waals surface area contributed by atoms with Gasteiger partial charge in [0.05, 0.1) is 19.9 Å². The molecule has 0 bridgehead atoms. The Hall–Kier alpha value is -3.12. The largest absolute Gasteiger partial charge is 0.508 e. The minimum Gasteiger partial charge on any atom is -0.490 e. The van der Waals surface area contributed by atoms with Crippen molar-refractivity contribution in [1.82, 2.24) is 9.78 Å². The highest BCUT2D eigenvalue weighted by atomic mass is 32.2. The monoisotopic (exact) mass is 484 g/mol. The van der Waals surface area contributed by atoms with Gasteiger partial charge in [-0.25, -0.2) is 17.9 Å². The van der Waals surface area contributed by atoms with Crippen LogP contribution in [0.5, 0.6) is 11.6 Å². The van der Waals surface area contributed by atoms with Crippen molar-refractivity contribution in [3.8, 4) is 11.6 Å². The van der Waals surface area contributed by atoms with Crippen molar-refractivity contribution in [3.63, 3.8) is 0 Å². The maximum atomic E-state index is 13.4. The van der Waals surface area contributed by atoms with E-state index in [9.17, 15) is 18.0 Å². The Bertz CT molecular complexity index is 1090. The van der Waals surface area contributed by atoms with Gasteiger partial charge in [-0.1, -0.05) is 0 Å². The first kappa shape index (κ1) is 26.1. The van der Waals surface area contributed by atoms with E-state index in [1.807, 2.05) is 6.92 Å². The Kier molecular flexibility index (Phi) is 9.23. The fourth-order valence-corrected chi connectivity index (χ4v) is 3.85. The van der Waals surface area contributed by atoms with Gasteiger partial charge in [0.25, 0.3) is 0 Å². The van der Waals surface area contributed by atoms with Crippen molar-refractivity contribution < 1.29 is 41.7 Å². The molecular weight excluding hydrogens is 456 g/mol. The number of hydrogen-bond donors (Lipinski definition) is 0. The zero-order chi connectivity index (χ0) is 24.6. The van der Waals surface area contributed by atoms with Crippen LogP contribution < -0.4 is 9.47 Å². The molecule has 2 aromatic rings. The Labute approximate surface area is 192 Å². The third kappa shape index (κ3) is 6.45. The van der Waals surface area contributed by atoms with Gasteiger partial charge in [0.1, 0.15) is 36.0 Å². The van der Waals surface area contributed by atoms with Crippen LogP contribution in [0.1, 0.15) is 28.4 Å². The first-order chi connectivity index (χ1) is 15.6. The molecule has 0 unspecified atom stereocenters. The highest BCUT2D eigenvalue weighted by molar-refractivity contribution is 7.90. The molecule has 182 valence electrons. The van der Waals surface area contributed by atoms with Crippen molar-refractivity contribution in [2.75, 3.05) is 46.9 Å². The lowest BCUT2D eigenvalue weighted by Crippen LogP contribution is -2.16. The molecule has 33 heavy (non-hydrogen) atoms. The summed E-state index contributed by atoms with van der Waals surface area (Å²) >= 11 is 0. The Morgan fingerprint density at radius 1 is 1.03 bits per heavy atom. The second-order valence-corrected chi connectivity index (χ2v) is 8.82. The van der Waals surface area contributed by atoms with Gasteiger partial charge < -0.3 is 23.7 Å². The summed E-state index contributed by atoms with van der Waals surface area (Å²) in [7, 11) is -0.914. The number of aryl methyl sites for hydroxylation is 1. The van der Waals surface area contributed by atoms with E-state index in [1.54, 1.807) is 6.92 Å². The number of methoxy groups -OCH3 is 2. The normalized spacial score (nSPS) is 11.2. The van der Waals surface area contributed by atoms with Crippen LogP contribution >= 0.6 is 0 Å². The van der Waals surface area contributed by atoms with Crippen LogP contribution in [0.2, 0.25) is 0 Å². The molecule has 0 N–H and O–H groups in total. The summed E-state index contributed by atoms with van der Waals surface area (Å²) in [6.07, 6.45) is 1.60. The van der Waals surface area contributed by atoms with Crippen molar-refractivity contribution >= 4 is 21.8 Å². The van der Waals surface area contributed by atoms with E-state index in [0.717, 1.165) is 6.26 Å². The van der Waals surface area contributed by atoms with Crippen molar-refractivity contribution in [1.29, 1.82) is 0 Å². The van der Waals surface area contributed by atoms with E-state index in [-0.39, 0.29) is 54.1 Å². The summed E-state index contributed by atoms with van der Waals surface area (Å²) in [5, 5.41) is 4.18. The van der Waals surface area contributed by atoms with E-state index >= 15 is 0 Å². The summed E-state index contributed by atoms with van der Waals surface area (Å²) in [6, 6.07) is 2.78. The molecule has 0 saturated carbocycles. The van der Waals surface area contributed by atoms with Crippen LogP contribution in [-0.2, 0) is 30.6 Å². The number of ether oxygens (including phenoxy) is 5. The predicted octanol–water partition coefficient (Wildman–Crippen LogP) is 2.03. The molecule has 0 aliphatic heterocycles. The van der Waals surface area contributed by atoms with E-state index in [2.05, 4.69) is 9.84 Å². The maximum Gasteiger partial charge on any atom is 0.508 e. The summed E-state index contributed by atoms with van der Waals surface area (Å²) in [6.45, 7) is 4.10. The highest BCUT2D eigenvalue weighted by Gasteiger charge is 2.26. The third-order valence-corrected chi connectivity index (χ3v) is 5.71. The molecule has 0 spiro atoms. The van der Waals surface area contributed by atoms with Gasteiger partial charge in [0.15, 0.2) is 15.6 Å². The Morgan fingerprint density at radius 3 is 2.33 bits per heavy atom. The summed E-state index contributed by atoms with van der Waals surface area (Å²) in [5.74, 6) is -0.130. The molecule has 0 amide bonds. The standard InChI is InChI=1S/C21H28N2O9S/c1-6-23-20(31-11-12-32-21(25)29-4)16(13-22-23)18(24)15-7-8-17(33(5,26)27)19(14(15)2)30-10-9-28-3/h7-8,13H,6,9-12H2,1-5H3. The molecule has 0 aliphatic rings. The van der Waals surface area contributed by atoms with E-state index in [1.165, 1.54) is 37.2 Å². The average molecular weight is 485 g/mol. The zero-order valence-electron chi connectivity index (χ0n) is 19.2. The van der Waals surface area contributed by atoms with Crippen molar-refractivity contribution in [3.05, 3.63) is 35.0 Å². The van der Waals surface area contributed by atoms with Gasteiger partial charge >= 0.3 is 6.16 Å². The number of nitrogens with zero attached hydrogens (tertiary/aromatic N) is 2. The molecule has 0 fully saturated rings. The van der Waals surface area contributed by atoms with Gasteiger partial charge in [-0.2, -0.15) is 5.10 Å². The lowest BCUT2D eigenvalue weighted by Gasteiger charge is -2.16. The van der Waals surface area contributed by atoms with Gasteiger partial charge in [-0.15, -0.1) is 0 Å². The molecular formula is C21H28N2O9S. The molecule has 1 aromatic heterocycles. The van der Waals surface area contributed by atoms with Crippen molar-refractivity contribution in [2.45, 2.75) is 25.3 Å². The molecule has 2 rings (SSSR count). The number of benzene rings is 1. The highest BCUT2D eigenvalue weighted by Crippen LogP contribution is 2.33. The zero-order valence-corrected chi connectivity index (χ0v) is 20.1. The molecule has 11 nitrogen and oxygen atoms in total. The van der Waals surface area contributed by atoms with Crippen LogP contribution in [0.3, 0.4) is 0 Å². The lowest BCUT2D eigenvalue weighted by atomic mass is 10.00. The number of carbonyl (C=O) groups excluding carboxylic acids is 2. The molecule has 0 radical (unpaired) electrons.